The molecule has 0 radical (unpaired) electrons. The van der Waals surface area contributed by atoms with Crippen molar-refractivity contribution in [2.45, 2.75) is 12.5 Å². The Bertz CT molecular complexity index is 496. The van der Waals surface area contributed by atoms with Crippen molar-refractivity contribution in [2.24, 2.45) is 5.73 Å². The number of aliphatic hydroxyl groups is 1. The third kappa shape index (κ3) is 2.85. The summed E-state index contributed by atoms with van der Waals surface area (Å²) in [5.41, 5.74) is 6.34. The number of hydrogen-bond acceptors (Lipinski definition) is 6. The van der Waals surface area contributed by atoms with Crippen molar-refractivity contribution in [3.8, 4) is 5.75 Å². The Morgan fingerprint density at radius 1 is 1.39 bits per heavy atom. The smallest absolute Gasteiger partial charge is 0.256 e. The summed E-state index contributed by atoms with van der Waals surface area (Å²) >= 11 is 0. The number of benzene rings is 1. The maximum absolute atomic E-state index is 9.44. The Labute approximate surface area is 104 Å². The number of nitrogens with two attached hydrogens (primary N) is 1. The first-order valence-electron chi connectivity index (χ1n) is 5.56. The third-order valence-electron chi connectivity index (χ3n) is 2.51. The number of methoxy groups -OCH3 is 1. The van der Waals surface area contributed by atoms with Crippen molar-refractivity contribution >= 4 is 0 Å². The van der Waals surface area contributed by atoms with Crippen LogP contribution in [0, 0.1) is 0 Å². The second-order valence-electron chi connectivity index (χ2n) is 3.83. The van der Waals surface area contributed by atoms with Gasteiger partial charge in [0.2, 0.25) is 0 Å². The van der Waals surface area contributed by atoms with Crippen LogP contribution in [0.1, 0.15) is 23.4 Å². The van der Waals surface area contributed by atoms with Crippen LogP contribution in [-0.4, -0.2) is 28.9 Å². The molecule has 0 spiro atoms. The van der Waals surface area contributed by atoms with E-state index in [1.807, 2.05) is 24.3 Å². The molecule has 1 aromatic carbocycles. The second-order valence-corrected chi connectivity index (χ2v) is 3.83. The third-order valence-corrected chi connectivity index (χ3v) is 2.51. The monoisotopic (exact) mass is 249 g/mol. The zero-order chi connectivity index (χ0) is 13.0. The van der Waals surface area contributed by atoms with Crippen LogP contribution >= 0.6 is 0 Å². The first-order chi connectivity index (χ1) is 8.72. The highest BCUT2D eigenvalue weighted by molar-refractivity contribution is 5.28. The van der Waals surface area contributed by atoms with E-state index in [4.69, 9.17) is 15.0 Å². The lowest BCUT2D eigenvalue weighted by molar-refractivity contribution is 0.141. The fraction of sp³-hybridized carbons (Fsp3) is 0.333. The Balaban J connectivity index is 2.06. The van der Waals surface area contributed by atoms with Gasteiger partial charge < -0.3 is 20.1 Å². The first kappa shape index (κ1) is 12.5. The van der Waals surface area contributed by atoms with Crippen molar-refractivity contribution in [3.63, 3.8) is 0 Å². The molecule has 0 amide bonds. The summed E-state index contributed by atoms with van der Waals surface area (Å²) in [7, 11) is 1.62. The molecule has 1 heterocycles. The summed E-state index contributed by atoms with van der Waals surface area (Å²) in [5.74, 6) is 1.47. The predicted molar refractivity (Wildman–Crippen MR) is 64.1 cm³/mol. The summed E-state index contributed by atoms with van der Waals surface area (Å²) in [4.78, 5) is 4.08. The van der Waals surface area contributed by atoms with Crippen molar-refractivity contribution in [1.29, 1.82) is 0 Å². The molecule has 6 nitrogen and oxygen atoms in total. The topological polar surface area (TPSA) is 94.4 Å². The molecule has 1 aromatic heterocycles. The molecule has 6 heteroatoms. The number of rotatable bonds is 5. The minimum absolute atomic E-state index is 0.0597. The lowest BCUT2D eigenvalue weighted by atomic mass is 10.1. The molecule has 0 unspecified atom stereocenters. The van der Waals surface area contributed by atoms with Crippen LogP contribution in [0.15, 0.2) is 28.8 Å². The minimum Gasteiger partial charge on any atom is -0.497 e. The van der Waals surface area contributed by atoms with Crippen LogP contribution in [0.2, 0.25) is 0 Å². The first-order valence-corrected chi connectivity index (χ1v) is 5.56. The standard InChI is InChI=1S/C12H15N3O3/c1-17-9-4-2-8(3-5-9)6-11-14-12(18-15-11)10(16)7-13/h2-5,10,16H,6-7,13H2,1H3/t10-/m0/s1. The quantitative estimate of drug-likeness (QED) is 0.808. The summed E-state index contributed by atoms with van der Waals surface area (Å²) in [5, 5.41) is 13.2. The van der Waals surface area contributed by atoms with Gasteiger partial charge in [-0.25, -0.2) is 0 Å². The average Bonchev–Trinajstić information content (AvgIpc) is 2.87. The fourth-order valence-corrected chi connectivity index (χ4v) is 1.50. The molecule has 3 N–H and O–H groups in total. The fourth-order valence-electron chi connectivity index (χ4n) is 1.50. The zero-order valence-corrected chi connectivity index (χ0v) is 10.0. The maximum atomic E-state index is 9.44. The van der Waals surface area contributed by atoms with E-state index < -0.39 is 6.10 Å². The van der Waals surface area contributed by atoms with E-state index in [0.29, 0.717) is 12.2 Å². The molecule has 0 fully saturated rings. The summed E-state index contributed by atoms with van der Waals surface area (Å²) in [6.45, 7) is 0.0597. The van der Waals surface area contributed by atoms with Gasteiger partial charge in [-0.2, -0.15) is 4.98 Å². The SMILES string of the molecule is COc1ccc(Cc2noc([C@@H](O)CN)n2)cc1. The van der Waals surface area contributed by atoms with E-state index in [9.17, 15) is 5.11 Å². The van der Waals surface area contributed by atoms with Gasteiger partial charge >= 0.3 is 0 Å². The van der Waals surface area contributed by atoms with E-state index in [1.165, 1.54) is 0 Å². The Kier molecular flexibility index (Phi) is 3.91. The molecule has 0 aliphatic rings. The molecule has 1 atom stereocenters. The highest BCUT2D eigenvalue weighted by Crippen LogP contribution is 2.15. The van der Waals surface area contributed by atoms with Crippen LogP contribution in [0.4, 0.5) is 0 Å². The Morgan fingerprint density at radius 2 is 2.11 bits per heavy atom. The van der Waals surface area contributed by atoms with Gasteiger partial charge in [-0.05, 0) is 17.7 Å². The molecule has 0 aliphatic heterocycles. The molecule has 2 rings (SSSR count). The summed E-state index contributed by atoms with van der Waals surface area (Å²) < 4.78 is 9.99. The number of nitrogens with zero attached hydrogens (tertiary/aromatic N) is 2. The molecule has 0 saturated heterocycles. The van der Waals surface area contributed by atoms with Crippen LogP contribution in [-0.2, 0) is 6.42 Å². The highest BCUT2D eigenvalue weighted by Gasteiger charge is 2.14. The van der Waals surface area contributed by atoms with Gasteiger partial charge in [0.25, 0.3) is 5.89 Å². The van der Waals surface area contributed by atoms with E-state index in [1.54, 1.807) is 7.11 Å². The van der Waals surface area contributed by atoms with E-state index >= 15 is 0 Å². The van der Waals surface area contributed by atoms with Crippen molar-refractivity contribution in [3.05, 3.63) is 41.5 Å². The van der Waals surface area contributed by atoms with E-state index in [0.717, 1.165) is 11.3 Å². The molecule has 0 aliphatic carbocycles. The van der Waals surface area contributed by atoms with E-state index in [-0.39, 0.29) is 12.4 Å². The average molecular weight is 249 g/mol. The van der Waals surface area contributed by atoms with Gasteiger partial charge in [0.05, 0.1) is 7.11 Å². The van der Waals surface area contributed by atoms with Gasteiger partial charge in [0.1, 0.15) is 11.9 Å². The zero-order valence-electron chi connectivity index (χ0n) is 10.0. The van der Waals surface area contributed by atoms with Crippen LogP contribution in [0.5, 0.6) is 5.75 Å². The molecule has 2 aromatic rings. The number of hydrogen-bond donors (Lipinski definition) is 2. The van der Waals surface area contributed by atoms with Gasteiger partial charge in [-0.15, -0.1) is 0 Å². The van der Waals surface area contributed by atoms with Crippen LogP contribution in [0.3, 0.4) is 0 Å². The molecular formula is C12H15N3O3. The summed E-state index contributed by atoms with van der Waals surface area (Å²) in [6, 6.07) is 7.58. The van der Waals surface area contributed by atoms with Crippen molar-refractivity contribution < 1.29 is 14.4 Å². The normalized spacial score (nSPS) is 12.4. The van der Waals surface area contributed by atoms with Crippen LogP contribution < -0.4 is 10.5 Å². The van der Waals surface area contributed by atoms with Crippen molar-refractivity contribution in [2.75, 3.05) is 13.7 Å². The minimum atomic E-state index is -0.901. The Morgan fingerprint density at radius 3 is 2.72 bits per heavy atom. The molecule has 0 bridgehead atoms. The van der Waals surface area contributed by atoms with Gasteiger partial charge in [0.15, 0.2) is 5.82 Å². The second kappa shape index (κ2) is 5.61. The van der Waals surface area contributed by atoms with Gasteiger partial charge in [-0.3, -0.25) is 0 Å². The van der Waals surface area contributed by atoms with E-state index in [2.05, 4.69) is 10.1 Å². The van der Waals surface area contributed by atoms with Crippen molar-refractivity contribution in [1.82, 2.24) is 10.1 Å². The Hall–Kier alpha value is -1.92. The lowest BCUT2D eigenvalue weighted by Crippen LogP contribution is -2.11. The molecule has 0 saturated carbocycles. The summed E-state index contributed by atoms with van der Waals surface area (Å²) in [6.07, 6.45) is -0.368. The number of ether oxygens (including phenoxy) is 1. The number of aromatic nitrogens is 2. The van der Waals surface area contributed by atoms with Crippen LogP contribution in [0.25, 0.3) is 0 Å². The molecule has 18 heavy (non-hydrogen) atoms. The largest absolute Gasteiger partial charge is 0.497 e. The maximum Gasteiger partial charge on any atom is 0.256 e. The number of aliphatic hydroxyl groups excluding tert-OH is 1. The van der Waals surface area contributed by atoms with Gasteiger partial charge in [0, 0.05) is 13.0 Å². The lowest BCUT2D eigenvalue weighted by Gasteiger charge is -2.00. The molecular weight excluding hydrogens is 234 g/mol. The van der Waals surface area contributed by atoms with Gasteiger partial charge in [-0.1, -0.05) is 17.3 Å². The molecule has 96 valence electrons. The predicted octanol–water partition coefficient (Wildman–Crippen LogP) is 0.661. The highest BCUT2D eigenvalue weighted by atomic mass is 16.5.